The van der Waals surface area contributed by atoms with E-state index >= 15 is 0 Å². The molecule has 0 fully saturated rings. The third-order valence-electron chi connectivity index (χ3n) is 4.72. The smallest absolute Gasteiger partial charge is 0.336 e. The molecule has 0 aliphatic rings. The van der Waals surface area contributed by atoms with Crippen molar-refractivity contribution < 1.29 is 23.5 Å². The first-order chi connectivity index (χ1) is 15.8. The summed E-state index contributed by atoms with van der Waals surface area (Å²) in [6.45, 7) is 5.69. The highest BCUT2D eigenvalue weighted by Gasteiger charge is 2.10. The number of furan rings is 1. The molecule has 0 aliphatic heterocycles. The van der Waals surface area contributed by atoms with Gasteiger partial charge in [-0.1, -0.05) is 28.1 Å². The third kappa shape index (κ3) is 6.92. The summed E-state index contributed by atoms with van der Waals surface area (Å²) in [5, 5.41) is 3.96. The van der Waals surface area contributed by atoms with Crippen LogP contribution in [0.5, 0.6) is 11.5 Å². The SMILES string of the molecule is Cc1ccc(C)c(OCC(=O)NN=Cc2cc(Br)ccc2OC(=O)C=Cc2ccco2)c1C. The molecule has 3 rings (SSSR count). The Bertz CT molecular complexity index is 1200. The van der Waals surface area contributed by atoms with Crippen LogP contribution in [-0.4, -0.2) is 24.7 Å². The number of nitrogens with one attached hydrogen (secondary N) is 1. The average Bonchev–Trinajstić information content (AvgIpc) is 3.30. The molecule has 1 heterocycles. The number of nitrogens with zero attached hydrogens (tertiary/aromatic N) is 1. The fraction of sp³-hybridized carbons (Fsp3) is 0.160. The van der Waals surface area contributed by atoms with Gasteiger partial charge in [-0.25, -0.2) is 10.2 Å². The Morgan fingerprint density at radius 2 is 1.91 bits per heavy atom. The first-order valence-corrected chi connectivity index (χ1v) is 10.9. The number of hydrogen-bond donors (Lipinski definition) is 1. The van der Waals surface area contributed by atoms with E-state index < -0.39 is 11.9 Å². The van der Waals surface area contributed by atoms with Crippen LogP contribution in [0.2, 0.25) is 0 Å². The van der Waals surface area contributed by atoms with E-state index in [1.165, 1.54) is 24.6 Å². The highest BCUT2D eigenvalue weighted by Crippen LogP contribution is 2.25. The Hall–Kier alpha value is -3.65. The van der Waals surface area contributed by atoms with Crippen LogP contribution >= 0.6 is 15.9 Å². The number of carbonyl (C=O) groups excluding carboxylic acids is 2. The molecule has 2 aromatic carbocycles. The lowest BCUT2D eigenvalue weighted by Crippen LogP contribution is -2.25. The number of aryl methyl sites for hydroxylation is 2. The van der Waals surface area contributed by atoms with Gasteiger partial charge >= 0.3 is 5.97 Å². The van der Waals surface area contributed by atoms with E-state index in [1.54, 1.807) is 30.3 Å². The molecule has 1 N–H and O–H groups in total. The second-order valence-electron chi connectivity index (χ2n) is 7.19. The van der Waals surface area contributed by atoms with Gasteiger partial charge in [-0.3, -0.25) is 4.79 Å². The first kappa shape index (κ1) is 24.0. The van der Waals surface area contributed by atoms with E-state index in [4.69, 9.17) is 13.9 Å². The average molecular weight is 511 g/mol. The van der Waals surface area contributed by atoms with Crippen LogP contribution in [0.15, 0.2) is 68.8 Å². The maximum absolute atomic E-state index is 12.2. The minimum Gasteiger partial charge on any atom is -0.483 e. The molecule has 170 valence electrons. The lowest BCUT2D eigenvalue weighted by atomic mass is 10.1. The van der Waals surface area contributed by atoms with E-state index in [0.717, 1.165) is 21.2 Å². The van der Waals surface area contributed by atoms with Gasteiger partial charge in [0.05, 0.1) is 12.5 Å². The summed E-state index contributed by atoms with van der Waals surface area (Å²) in [5.74, 6) is 0.516. The number of halogens is 1. The Labute approximate surface area is 200 Å². The van der Waals surface area contributed by atoms with Crippen molar-refractivity contribution >= 4 is 40.1 Å². The Morgan fingerprint density at radius 1 is 1.12 bits per heavy atom. The van der Waals surface area contributed by atoms with Crippen molar-refractivity contribution in [3.8, 4) is 11.5 Å². The summed E-state index contributed by atoms with van der Waals surface area (Å²) in [6, 6.07) is 12.5. The topological polar surface area (TPSA) is 90.1 Å². The zero-order valence-electron chi connectivity index (χ0n) is 18.4. The molecule has 0 saturated carbocycles. The molecule has 7 nitrogen and oxygen atoms in total. The zero-order chi connectivity index (χ0) is 23.8. The van der Waals surface area contributed by atoms with Gasteiger partial charge in [-0.15, -0.1) is 0 Å². The van der Waals surface area contributed by atoms with Crippen molar-refractivity contribution in [2.45, 2.75) is 20.8 Å². The third-order valence-corrected chi connectivity index (χ3v) is 5.22. The van der Waals surface area contributed by atoms with Crippen molar-refractivity contribution in [3.63, 3.8) is 0 Å². The molecule has 0 radical (unpaired) electrons. The molecular formula is C25H23BrN2O5. The first-order valence-electron chi connectivity index (χ1n) is 10.1. The Balaban J connectivity index is 1.60. The standard InChI is InChI=1S/C25H23BrN2O5/c1-16-6-7-17(2)25(18(16)3)32-15-23(29)28-27-14-19-13-20(26)8-10-22(19)33-24(30)11-9-21-5-4-12-31-21/h4-14H,15H2,1-3H3,(H,28,29). The molecule has 0 spiro atoms. The number of hydrogen-bond acceptors (Lipinski definition) is 6. The minimum atomic E-state index is -0.579. The summed E-state index contributed by atoms with van der Waals surface area (Å²) in [6.07, 6.45) is 5.67. The number of ether oxygens (including phenoxy) is 2. The van der Waals surface area contributed by atoms with Crippen LogP contribution in [-0.2, 0) is 9.59 Å². The minimum absolute atomic E-state index is 0.180. The maximum atomic E-state index is 12.2. The Kier molecular flexibility index (Phi) is 8.21. The summed E-state index contributed by atoms with van der Waals surface area (Å²) in [4.78, 5) is 24.3. The van der Waals surface area contributed by atoms with Crippen molar-refractivity contribution in [1.29, 1.82) is 0 Å². The largest absolute Gasteiger partial charge is 0.483 e. The predicted octanol–water partition coefficient (Wildman–Crippen LogP) is 5.12. The normalized spacial score (nSPS) is 11.2. The van der Waals surface area contributed by atoms with Crippen LogP contribution in [0.1, 0.15) is 28.0 Å². The van der Waals surface area contributed by atoms with Crippen molar-refractivity contribution in [2.75, 3.05) is 6.61 Å². The van der Waals surface area contributed by atoms with Gasteiger partial charge in [-0.05, 0) is 73.9 Å². The van der Waals surface area contributed by atoms with E-state index in [9.17, 15) is 9.59 Å². The monoisotopic (exact) mass is 510 g/mol. The molecule has 0 bridgehead atoms. The molecule has 0 aliphatic carbocycles. The molecule has 3 aromatic rings. The number of rotatable bonds is 8. The highest BCUT2D eigenvalue weighted by atomic mass is 79.9. The van der Waals surface area contributed by atoms with Gasteiger partial charge in [0.1, 0.15) is 17.3 Å². The molecule has 0 saturated heterocycles. The Morgan fingerprint density at radius 3 is 2.67 bits per heavy atom. The van der Waals surface area contributed by atoms with Gasteiger partial charge in [0.2, 0.25) is 0 Å². The number of hydrazone groups is 1. The van der Waals surface area contributed by atoms with Gasteiger partial charge in [0.25, 0.3) is 5.91 Å². The molecule has 1 aromatic heterocycles. The number of benzene rings is 2. The molecule has 1 amide bonds. The molecule has 0 unspecified atom stereocenters. The zero-order valence-corrected chi connectivity index (χ0v) is 20.0. The lowest BCUT2D eigenvalue weighted by Gasteiger charge is -2.13. The van der Waals surface area contributed by atoms with Gasteiger partial charge < -0.3 is 13.9 Å². The fourth-order valence-electron chi connectivity index (χ4n) is 2.88. The van der Waals surface area contributed by atoms with Crippen molar-refractivity contribution in [2.24, 2.45) is 5.10 Å². The lowest BCUT2D eigenvalue weighted by molar-refractivity contribution is -0.129. The quantitative estimate of drug-likeness (QED) is 0.149. The highest BCUT2D eigenvalue weighted by molar-refractivity contribution is 9.10. The van der Waals surface area contributed by atoms with E-state index in [0.29, 0.717) is 17.1 Å². The van der Waals surface area contributed by atoms with Crippen LogP contribution in [0.25, 0.3) is 6.08 Å². The predicted molar refractivity (Wildman–Crippen MR) is 129 cm³/mol. The van der Waals surface area contributed by atoms with Crippen LogP contribution in [0.3, 0.4) is 0 Å². The van der Waals surface area contributed by atoms with Crippen molar-refractivity contribution in [1.82, 2.24) is 5.43 Å². The van der Waals surface area contributed by atoms with Crippen LogP contribution in [0, 0.1) is 20.8 Å². The van der Waals surface area contributed by atoms with Gasteiger partial charge in [0, 0.05) is 16.1 Å². The second kappa shape index (κ2) is 11.3. The number of amides is 1. The summed E-state index contributed by atoms with van der Waals surface area (Å²) >= 11 is 3.37. The molecule has 8 heteroatoms. The summed E-state index contributed by atoms with van der Waals surface area (Å²) in [5.41, 5.74) is 5.95. The number of esters is 1. The summed E-state index contributed by atoms with van der Waals surface area (Å²) < 4.78 is 17.0. The number of carbonyl (C=O) groups is 2. The fourth-order valence-corrected chi connectivity index (χ4v) is 3.26. The van der Waals surface area contributed by atoms with Crippen LogP contribution in [0.4, 0.5) is 0 Å². The van der Waals surface area contributed by atoms with E-state index in [-0.39, 0.29) is 12.4 Å². The second-order valence-corrected chi connectivity index (χ2v) is 8.10. The summed E-state index contributed by atoms with van der Waals surface area (Å²) in [7, 11) is 0. The molecular weight excluding hydrogens is 488 g/mol. The maximum Gasteiger partial charge on any atom is 0.336 e. The van der Waals surface area contributed by atoms with E-state index in [1.807, 2.05) is 32.9 Å². The van der Waals surface area contributed by atoms with Crippen LogP contribution < -0.4 is 14.9 Å². The van der Waals surface area contributed by atoms with Gasteiger partial charge in [0.15, 0.2) is 6.61 Å². The van der Waals surface area contributed by atoms with Crippen molar-refractivity contribution in [3.05, 3.63) is 87.3 Å². The molecule has 33 heavy (non-hydrogen) atoms. The molecule has 0 atom stereocenters. The van der Waals surface area contributed by atoms with E-state index in [2.05, 4.69) is 26.5 Å². The van der Waals surface area contributed by atoms with Gasteiger partial charge in [-0.2, -0.15) is 5.10 Å².